The predicted octanol–water partition coefficient (Wildman–Crippen LogP) is 2.28. The van der Waals surface area contributed by atoms with E-state index in [-0.39, 0.29) is 24.5 Å². The van der Waals surface area contributed by atoms with E-state index < -0.39 is 0 Å². The maximum atomic E-state index is 13.3. The second kappa shape index (κ2) is 7.02. The van der Waals surface area contributed by atoms with Crippen molar-refractivity contribution in [2.45, 2.75) is 32.2 Å². The second-order valence-corrected chi connectivity index (χ2v) is 7.79. The highest BCUT2D eigenvalue weighted by atomic mass is 16.2. The summed E-state index contributed by atoms with van der Waals surface area (Å²) in [4.78, 5) is 36.1. The molecule has 1 fully saturated rings. The lowest BCUT2D eigenvalue weighted by Gasteiger charge is -2.37. The molecular formula is C21H24N6O2. The molecule has 0 radical (unpaired) electrons. The van der Waals surface area contributed by atoms with Gasteiger partial charge < -0.3 is 4.90 Å². The molecule has 0 unspecified atom stereocenters. The number of amides is 3. The SMILES string of the molecule is C[C@H]1CCCCN1C(=O)CN1C(=O)N2CCN=C2c2cnn(-c3ccccc3)c21. The molecule has 0 aliphatic carbocycles. The zero-order valence-corrected chi connectivity index (χ0v) is 16.5. The third kappa shape index (κ3) is 2.90. The highest BCUT2D eigenvalue weighted by molar-refractivity contribution is 6.20. The summed E-state index contributed by atoms with van der Waals surface area (Å²) >= 11 is 0. The lowest BCUT2D eigenvalue weighted by molar-refractivity contribution is -0.132. The van der Waals surface area contributed by atoms with Crippen LogP contribution in [-0.2, 0) is 4.79 Å². The van der Waals surface area contributed by atoms with Crippen molar-refractivity contribution in [3.05, 3.63) is 42.1 Å². The average Bonchev–Trinajstić information content (AvgIpc) is 3.39. The fourth-order valence-electron chi connectivity index (χ4n) is 4.46. The smallest absolute Gasteiger partial charge is 0.331 e. The lowest BCUT2D eigenvalue weighted by Crippen LogP contribution is -2.55. The average molecular weight is 392 g/mol. The van der Waals surface area contributed by atoms with E-state index in [0.29, 0.717) is 24.7 Å². The first-order valence-corrected chi connectivity index (χ1v) is 10.2. The van der Waals surface area contributed by atoms with E-state index in [1.807, 2.05) is 35.2 Å². The number of likely N-dealkylation sites (tertiary alicyclic amines) is 1. The number of amidine groups is 1. The summed E-state index contributed by atoms with van der Waals surface area (Å²) in [6.45, 7) is 3.96. The first kappa shape index (κ1) is 17.9. The second-order valence-electron chi connectivity index (χ2n) is 7.79. The molecule has 1 aromatic carbocycles. The molecular weight excluding hydrogens is 368 g/mol. The Balaban J connectivity index is 1.55. The van der Waals surface area contributed by atoms with Gasteiger partial charge in [-0.25, -0.2) is 9.48 Å². The summed E-state index contributed by atoms with van der Waals surface area (Å²) in [5, 5.41) is 4.54. The van der Waals surface area contributed by atoms with Gasteiger partial charge in [0.15, 0.2) is 5.82 Å². The molecule has 150 valence electrons. The van der Waals surface area contributed by atoms with Gasteiger partial charge in [-0.3, -0.25) is 19.6 Å². The molecule has 0 saturated carbocycles. The molecule has 2 aromatic rings. The van der Waals surface area contributed by atoms with Crippen LogP contribution in [0.25, 0.3) is 5.69 Å². The molecule has 1 atom stereocenters. The van der Waals surface area contributed by atoms with Gasteiger partial charge in [0.2, 0.25) is 5.91 Å². The van der Waals surface area contributed by atoms with Crippen LogP contribution in [-0.4, -0.2) is 69.6 Å². The van der Waals surface area contributed by atoms with Gasteiger partial charge in [-0.15, -0.1) is 0 Å². The third-order valence-corrected chi connectivity index (χ3v) is 5.96. The Morgan fingerprint density at radius 3 is 2.79 bits per heavy atom. The highest BCUT2D eigenvalue weighted by Gasteiger charge is 2.41. The monoisotopic (exact) mass is 392 g/mol. The molecule has 8 heteroatoms. The van der Waals surface area contributed by atoms with Gasteiger partial charge in [-0.2, -0.15) is 5.10 Å². The Labute approximate surface area is 169 Å². The minimum Gasteiger partial charge on any atom is -0.338 e. The molecule has 8 nitrogen and oxygen atoms in total. The fourth-order valence-corrected chi connectivity index (χ4v) is 4.46. The topological polar surface area (TPSA) is 74.0 Å². The maximum absolute atomic E-state index is 13.3. The number of urea groups is 1. The quantitative estimate of drug-likeness (QED) is 0.804. The van der Waals surface area contributed by atoms with Crippen molar-refractivity contribution in [3.63, 3.8) is 0 Å². The van der Waals surface area contributed by atoms with Crippen molar-refractivity contribution in [1.29, 1.82) is 0 Å². The Kier molecular flexibility index (Phi) is 4.34. The van der Waals surface area contributed by atoms with Crippen LogP contribution in [0.15, 0.2) is 41.5 Å². The normalized spacial score (nSPS) is 21.1. The number of hydrogen-bond donors (Lipinski definition) is 0. The van der Waals surface area contributed by atoms with E-state index in [4.69, 9.17) is 0 Å². The Morgan fingerprint density at radius 2 is 2.00 bits per heavy atom. The molecule has 1 saturated heterocycles. The van der Waals surface area contributed by atoms with E-state index in [9.17, 15) is 9.59 Å². The molecule has 3 amide bonds. The van der Waals surface area contributed by atoms with Gasteiger partial charge in [0.1, 0.15) is 12.4 Å². The van der Waals surface area contributed by atoms with E-state index in [1.54, 1.807) is 20.7 Å². The standard InChI is InChI=1S/C21H24N6O2/c1-15-7-5-6-11-24(15)18(28)14-26-20-17(19-22-10-12-25(19)21(26)29)13-23-27(20)16-8-3-2-4-9-16/h2-4,8-9,13,15H,5-7,10-12,14H2,1H3/t15-/m0/s1. The molecule has 0 spiro atoms. The minimum absolute atomic E-state index is 0.0124. The summed E-state index contributed by atoms with van der Waals surface area (Å²) in [7, 11) is 0. The third-order valence-electron chi connectivity index (χ3n) is 5.96. The zero-order valence-electron chi connectivity index (χ0n) is 16.5. The van der Waals surface area contributed by atoms with Gasteiger partial charge in [0, 0.05) is 19.1 Å². The summed E-state index contributed by atoms with van der Waals surface area (Å²) in [6, 6.07) is 9.67. The van der Waals surface area contributed by atoms with Gasteiger partial charge in [-0.05, 0) is 38.3 Å². The number of aliphatic imine (C=N–C) groups is 1. The van der Waals surface area contributed by atoms with Gasteiger partial charge >= 0.3 is 6.03 Å². The number of hydrogen-bond acceptors (Lipinski definition) is 4. The molecule has 1 aromatic heterocycles. The van der Waals surface area contributed by atoms with Crippen LogP contribution in [0.4, 0.5) is 10.6 Å². The van der Waals surface area contributed by atoms with Crippen molar-refractivity contribution in [1.82, 2.24) is 19.6 Å². The molecule has 5 rings (SSSR count). The summed E-state index contributed by atoms with van der Waals surface area (Å²) in [6.07, 6.45) is 4.91. The molecule has 0 N–H and O–H groups in total. The fraction of sp³-hybridized carbons (Fsp3) is 0.429. The first-order valence-electron chi connectivity index (χ1n) is 10.2. The first-order chi connectivity index (χ1) is 14.1. The number of nitrogens with zero attached hydrogens (tertiary/aromatic N) is 6. The number of carbonyl (C=O) groups excluding carboxylic acids is 2. The van der Waals surface area contributed by atoms with Crippen LogP contribution in [0.2, 0.25) is 0 Å². The highest BCUT2D eigenvalue weighted by Crippen LogP contribution is 2.33. The summed E-state index contributed by atoms with van der Waals surface area (Å²) < 4.78 is 1.73. The maximum Gasteiger partial charge on any atom is 0.331 e. The number of aromatic nitrogens is 2. The number of para-hydroxylation sites is 1. The predicted molar refractivity (Wildman–Crippen MR) is 109 cm³/mol. The summed E-state index contributed by atoms with van der Waals surface area (Å²) in [5.41, 5.74) is 1.64. The molecule has 3 aliphatic rings. The minimum atomic E-state index is -0.204. The van der Waals surface area contributed by atoms with Crippen molar-refractivity contribution in [3.8, 4) is 5.69 Å². The summed E-state index contributed by atoms with van der Waals surface area (Å²) in [5.74, 6) is 1.26. The Hall–Kier alpha value is -3.16. The lowest BCUT2D eigenvalue weighted by atomic mass is 10.0. The van der Waals surface area contributed by atoms with E-state index in [2.05, 4.69) is 17.0 Å². The van der Waals surface area contributed by atoms with Gasteiger partial charge in [0.25, 0.3) is 0 Å². The van der Waals surface area contributed by atoms with Gasteiger partial charge in [-0.1, -0.05) is 18.2 Å². The van der Waals surface area contributed by atoms with Crippen LogP contribution in [0.3, 0.4) is 0 Å². The van der Waals surface area contributed by atoms with Crippen LogP contribution >= 0.6 is 0 Å². The molecule has 29 heavy (non-hydrogen) atoms. The van der Waals surface area contributed by atoms with E-state index >= 15 is 0 Å². The van der Waals surface area contributed by atoms with E-state index in [1.165, 1.54) is 0 Å². The number of carbonyl (C=O) groups is 2. The molecule has 0 bridgehead atoms. The van der Waals surface area contributed by atoms with Crippen LogP contribution < -0.4 is 4.90 Å². The zero-order chi connectivity index (χ0) is 20.0. The molecule has 4 heterocycles. The van der Waals surface area contributed by atoms with Crippen molar-refractivity contribution < 1.29 is 9.59 Å². The number of rotatable bonds is 3. The van der Waals surface area contributed by atoms with E-state index in [0.717, 1.165) is 37.1 Å². The van der Waals surface area contributed by atoms with Gasteiger partial charge in [0.05, 0.1) is 24.0 Å². The van der Waals surface area contributed by atoms with Crippen molar-refractivity contribution >= 4 is 23.6 Å². The van der Waals surface area contributed by atoms with Crippen LogP contribution in [0.1, 0.15) is 31.7 Å². The Morgan fingerprint density at radius 1 is 1.17 bits per heavy atom. The number of anilines is 1. The van der Waals surface area contributed by atoms with Crippen molar-refractivity contribution in [2.24, 2.45) is 4.99 Å². The Bertz CT molecular complexity index is 982. The largest absolute Gasteiger partial charge is 0.338 e. The van der Waals surface area contributed by atoms with Crippen molar-refractivity contribution in [2.75, 3.05) is 31.1 Å². The van der Waals surface area contributed by atoms with Crippen LogP contribution in [0, 0.1) is 0 Å². The molecule has 3 aliphatic heterocycles. The van der Waals surface area contributed by atoms with Crippen LogP contribution in [0.5, 0.6) is 0 Å². The number of benzene rings is 1. The number of piperidine rings is 1. The number of fused-ring (bicyclic) bond motifs is 3.